The van der Waals surface area contributed by atoms with Crippen LogP contribution in [0.15, 0.2) is 12.7 Å². The minimum absolute atomic E-state index is 0.00926. The van der Waals surface area contributed by atoms with Crippen molar-refractivity contribution in [3.63, 3.8) is 0 Å². The van der Waals surface area contributed by atoms with E-state index in [0.717, 1.165) is 0 Å². The molecule has 0 heterocycles. The van der Waals surface area contributed by atoms with Crippen molar-refractivity contribution in [1.82, 2.24) is 0 Å². The average Bonchev–Trinajstić information content (AvgIpc) is 1.65. The monoisotopic (exact) mass is 150 g/mol. The molecule has 44 valence electrons. The zero-order valence-corrected chi connectivity index (χ0v) is 5.46. The summed E-state index contributed by atoms with van der Waals surface area (Å²) in [6, 6.07) is 0. The molecule has 0 aliphatic heterocycles. The minimum Gasteiger partial charge on any atom is -0.403 e. The van der Waals surface area contributed by atoms with Gasteiger partial charge in [0.1, 0.15) is 0 Å². The molecule has 0 saturated carbocycles. The van der Waals surface area contributed by atoms with E-state index >= 15 is 0 Å². The van der Waals surface area contributed by atoms with Crippen molar-refractivity contribution in [3.05, 3.63) is 12.7 Å². The molecule has 2 nitrogen and oxygen atoms in total. The Hall–Kier alpha value is -0.410. The molecule has 4 heteroatoms. The molecule has 0 N–H and O–H groups in total. The first kappa shape index (κ1) is 7.59. The Morgan fingerprint density at radius 2 is 2.38 bits per heavy atom. The van der Waals surface area contributed by atoms with Gasteiger partial charge in [0, 0.05) is 11.6 Å². The van der Waals surface area contributed by atoms with Crippen molar-refractivity contribution in [1.29, 1.82) is 0 Å². The largest absolute Gasteiger partial charge is 0.410 e. The summed E-state index contributed by atoms with van der Waals surface area (Å²) in [6.07, 6.45) is 1.22. The lowest BCUT2D eigenvalue weighted by Crippen LogP contribution is -1.98. The van der Waals surface area contributed by atoms with Crippen molar-refractivity contribution in [3.8, 4) is 0 Å². The highest BCUT2D eigenvalue weighted by atomic mass is 35.5. The van der Waals surface area contributed by atoms with E-state index in [9.17, 15) is 4.79 Å². The Bertz CT molecular complexity index is 132. The molecular formula is C4H3ClO2S. The summed E-state index contributed by atoms with van der Waals surface area (Å²) < 4.78 is 4.14. The van der Waals surface area contributed by atoms with Crippen LogP contribution in [0.3, 0.4) is 0 Å². The van der Waals surface area contributed by atoms with Crippen molar-refractivity contribution in [2.45, 2.75) is 0 Å². The fourth-order valence-electron chi connectivity index (χ4n) is 0.121. The van der Waals surface area contributed by atoms with E-state index in [0.29, 0.717) is 0 Å². The standard InChI is InChI=1S/C4H3ClO2S/c1-2-3(8)7-4(5)6/h2H,1H2. The van der Waals surface area contributed by atoms with E-state index in [1.807, 2.05) is 0 Å². The van der Waals surface area contributed by atoms with E-state index in [-0.39, 0.29) is 5.05 Å². The van der Waals surface area contributed by atoms with Crippen LogP contribution in [-0.2, 0) is 4.74 Å². The van der Waals surface area contributed by atoms with Crippen LogP contribution in [0, 0.1) is 0 Å². The Kier molecular flexibility index (Phi) is 3.39. The normalized spacial score (nSPS) is 7.62. The first-order chi connectivity index (χ1) is 3.66. The number of halogens is 1. The Morgan fingerprint density at radius 1 is 1.88 bits per heavy atom. The molecule has 0 aromatic heterocycles. The zero-order valence-electron chi connectivity index (χ0n) is 3.89. The van der Waals surface area contributed by atoms with Gasteiger partial charge in [-0.25, -0.2) is 4.79 Å². The fourth-order valence-corrected chi connectivity index (χ4v) is 0.325. The van der Waals surface area contributed by atoms with Crippen molar-refractivity contribution in [2.24, 2.45) is 0 Å². The summed E-state index contributed by atoms with van der Waals surface area (Å²) in [7, 11) is 0. The molecule has 0 bridgehead atoms. The summed E-state index contributed by atoms with van der Waals surface area (Å²) in [6.45, 7) is 3.24. The molecule has 0 aromatic carbocycles. The first-order valence-corrected chi connectivity index (χ1v) is 2.49. The summed E-state index contributed by atoms with van der Waals surface area (Å²) in [5, 5.41) is -0.00926. The van der Waals surface area contributed by atoms with E-state index in [2.05, 4.69) is 23.5 Å². The molecule has 0 saturated heterocycles. The second-order valence-corrected chi connectivity index (χ2v) is 1.57. The SMILES string of the molecule is C=CC(=S)OC(=O)Cl. The van der Waals surface area contributed by atoms with Gasteiger partial charge in [0.05, 0.1) is 0 Å². The molecule has 8 heavy (non-hydrogen) atoms. The fraction of sp³-hybridized carbons (Fsp3) is 0. The molecule has 0 radical (unpaired) electrons. The number of ether oxygens (including phenoxy) is 1. The number of hydrogen-bond donors (Lipinski definition) is 0. The van der Waals surface area contributed by atoms with Crippen molar-refractivity contribution >= 4 is 34.3 Å². The summed E-state index contributed by atoms with van der Waals surface area (Å²) >= 11 is 9.14. The van der Waals surface area contributed by atoms with Gasteiger partial charge in [-0.3, -0.25) is 0 Å². The Morgan fingerprint density at radius 3 is 2.50 bits per heavy atom. The molecule has 0 aliphatic rings. The van der Waals surface area contributed by atoms with Gasteiger partial charge in [0.15, 0.2) is 5.05 Å². The molecule has 0 spiro atoms. The number of thiocarbonyl (C=S) groups is 1. The van der Waals surface area contributed by atoms with Gasteiger partial charge in [-0.15, -0.1) is 0 Å². The van der Waals surface area contributed by atoms with E-state index in [4.69, 9.17) is 11.6 Å². The molecule has 0 atom stereocenters. The van der Waals surface area contributed by atoms with Crippen LogP contribution in [0.2, 0.25) is 0 Å². The van der Waals surface area contributed by atoms with Crippen molar-refractivity contribution in [2.75, 3.05) is 0 Å². The zero-order chi connectivity index (χ0) is 6.57. The van der Waals surface area contributed by atoms with Gasteiger partial charge in [0.2, 0.25) is 0 Å². The van der Waals surface area contributed by atoms with Gasteiger partial charge in [-0.2, -0.15) is 0 Å². The molecule has 0 rings (SSSR count). The lowest BCUT2D eigenvalue weighted by atomic mass is 10.7. The number of hydrogen-bond acceptors (Lipinski definition) is 3. The van der Waals surface area contributed by atoms with Gasteiger partial charge in [0.25, 0.3) is 0 Å². The Labute approximate surface area is 57.1 Å². The predicted molar refractivity (Wildman–Crippen MR) is 35.1 cm³/mol. The third-order valence-corrected chi connectivity index (χ3v) is 0.675. The number of rotatable bonds is 1. The van der Waals surface area contributed by atoms with Crippen LogP contribution >= 0.6 is 23.8 Å². The first-order valence-electron chi connectivity index (χ1n) is 1.70. The highest BCUT2D eigenvalue weighted by Crippen LogP contribution is 1.89. The Balaban J connectivity index is 3.55. The van der Waals surface area contributed by atoms with Crippen LogP contribution in [0.1, 0.15) is 0 Å². The van der Waals surface area contributed by atoms with Crippen LogP contribution in [0.4, 0.5) is 4.79 Å². The number of carbonyl (C=O) groups is 1. The van der Waals surface area contributed by atoms with Crippen LogP contribution in [0.5, 0.6) is 0 Å². The van der Waals surface area contributed by atoms with Crippen LogP contribution < -0.4 is 0 Å². The van der Waals surface area contributed by atoms with Crippen LogP contribution in [-0.4, -0.2) is 10.5 Å². The third-order valence-electron chi connectivity index (χ3n) is 0.348. The van der Waals surface area contributed by atoms with E-state index in [1.165, 1.54) is 6.08 Å². The maximum Gasteiger partial charge on any atom is 0.410 e. The maximum atomic E-state index is 9.82. The lowest BCUT2D eigenvalue weighted by Gasteiger charge is -1.90. The highest BCUT2D eigenvalue weighted by molar-refractivity contribution is 7.80. The van der Waals surface area contributed by atoms with Gasteiger partial charge >= 0.3 is 5.43 Å². The smallest absolute Gasteiger partial charge is 0.403 e. The highest BCUT2D eigenvalue weighted by Gasteiger charge is 1.95. The molecular weight excluding hydrogens is 148 g/mol. The van der Waals surface area contributed by atoms with Crippen molar-refractivity contribution < 1.29 is 9.53 Å². The third kappa shape index (κ3) is 3.77. The van der Waals surface area contributed by atoms with E-state index in [1.54, 1.807) is 0 Å². The summed E-state index contributed by atoms with van der Waals surface area (Å²) in [5.74, 6) is 0. The quantitative estimate of drug-likeness (QED) is 0.324. The average molecular weight is 151 g/mol. The maximum absolute atomic E-state index is 9.82. The predicted octanol–water partition coefficient (Wildman–Crippen LogP) is 1.88. The summed E-state index contributed by atoms with van der Waals surface area (Å²) in [4.78, 5) is 9.82. The van der Waals surface area contributed by atoms with Gasteiger partial charge in [-0.05, 0) is 18.3 Å². The lowest BCUT2D eigenvalue weighted by molar-refractivity contribution is 0.224. The van der Waals surface area contributed by atoms with E-state index < -0.39 is 5.43 Å². The van der Waals surface area contributed by atoms with Crippen LogP contribution in [0.25, 0.3) is 0 Å². The summed E-state index contributed by atoms with van der Waals surface area (Å²) in [5.41, 5.74) is -0.935. The van der Waals surface area contributed by atoms with Gasteiger partial charge in [-0.1, -0.05) is 6.58 Å². The molecule has 0 unspecified atom stereocenters. The molecule has 0 aliphatic carbocycles. The molecule has 0 amide bonds. The topological polar surface area (TPSA) is 26.3 Å². The molecule has 0 aromatic rings. The van der Waals surface area contributed by atoms with Gasteiger partial charge < -0.3 is 4.74 Å². The minimum atomic E-state index is -0.935. The second kappa shape index (κ2) is 3.57. The molecule has 0 fully saturated rings. The second-order valence-electron chi connectivity index (χ2n) is 0.863. The number of carbonyl (C=O) groups excluding carboxylic acids is 1.